The fourth-order valence-electron chi connectivity index (χ4n) is 2.06. The van der Waals surface area contributed by atoms with Crippen LogP contribution >= 0.6 is 0 Å². The summed E-state index contributed by atoms with van der Waals surface area (Å²) in [5.41, 5.74) is 0.524. The molecule has 1 fully saturated rings. The van der Waals surface area contributed by atoms with Crippen LogP contribution in [0.15, 0.2) is 12.1 Å². The van der Waals surface area contributed by atoms with Crippen LogP contribution in [0.5, 0.6) is 5.75 Å². The smallest absolute Gasteiger partial charge is 0.190 e. The molecule has 0 aromatic heterocycles. The second kappa shape index (κ2) is 6.50. The third kappa shape index (κ3) is 3.67. The largest absolute Gasteiger partial charge is 0.487 e. The van der Waals surface area contributed by atoms with Crippen LogP contribution < -0.4 is 4.74 Å². The molecule has 0 unspecified atom stereocenters. The molecule has 1 aliphatic rings. The Morgan fingerprint density at radius 2 is 1.75 bits per heavy atom. The number of aryl methyl sites for hydroxylation is 1. The maximum atomic E-state index is 13.6. The first kappa shape index (κ1) is 15.2. The van der Waals surface area contributed by atoms with Crippen molar-refractivity contribution in [3.63, 3.8) is 0 Å². The molecule has 3 nitrogen and oxygen atoms in total. The first-order chi connectivity index (χ1) is 9.47. The van der Waals surface area contributed by atoms with Gasteiger partial charge in [0.1, 0.15) is 0 Å². The molecule has 0 saturated carbocycles. The molecule has 5 heteroatoms. The third-order valence-corrected chi connectivity index (χ3v) is 3.14. The van der Waals surface area contributed by atoms with Gasteiger partial charge in [0.25, 0.3) is 0 Å². The predicted molar refractivity (Wildman–Crippen MR) is 70.6 cm³/mol. The van der Waals surface area contributed by atoms with Crippen LogP contribution in [0.4, 0.5) is 8.78 Å². The van der Waals surface area contributed by atoms with Gasteiger partial charge < -0.3 is 14.2 Å². The van der Waals surface area contributed by atoms with E-state index in [0.29, 0.717) is 18.8 Å². The van der Waals surface area contributed by atoms with E-state index in [9.17, 15) is 8.78 Å². The van der Waals surface area contributed by atoms with Crippen molar-refractivity contribution in [1.82, 2.24) is 0 Å². The summed E-state index contributed by atoms with van der Waals surface area (Å²) >= 11 is 0. The molecule has 1 heterocycles. The molecule has 112 valence electrons. The maximum absolute atomic E-state index is 13.6. The minimum absolute atomic E-state index is 0.0231. The van der Waals surface area contributed by atoms with E-state index in [1.807, 2.05) is 13.8 Å². The Morgan fingerprint density at radius 3 is 2.25 bits per heavy atom. The van der Waals surface area contributed by atoms with Gasteiger partial charge in [0.05, 0.1) is 19.8 Å². The van der Waals surface area contributed by atoms with Gasteiger partial charge in [-0.05, 0) is 24.6 Å². The molecule has 0 spiro atoms. The third-order valence-electron chi connectivity index (χ3n) is 3.14. The lowest BCUT2D eigenvalue weighted by molar-refractivity contribution is -0.222. The SMILES string of the molecule is Cc1cc(F)c(OCC2COC(C(C)C)OC2)c(F)c1. The van der Waals surface area contributed by atoms with Crippen LogP contribution in [0.2, 0.25) is 0 Å². The van der Waals surface area contributed by atoms with E-state index in [2.05, 4.69) is 0 Å². The molecule has 0 atom stereocenters. The molecule has 1 saturated heterocycles. The van der Waals surface area contributed by atoms with Crippen molar-refractivity contribution in [3.8, 4) is 5.75 Å². The van der Waals surface area contributed by atoms with Gasteiger partial charge >= 0.3 is 0 Å². The zero-order valence-corrected chi connectivity index (χ0v) is 12.0. The van der Waals surface area contributed by atoms with Crippen molar-refractivity contribution in [2.75, 3.05) is 19.8 Å². The normalized spacial score (nSPS) is 23.1. The maximum Gasteiger partial charge on any atom is 0.190 e. The van der Waals surface area contributed by atoms with Gasteiger partial charge in [-0.15, -0.1) is 0 Å². The van der Waals surface area contributed by atoms with Crippen molar-refractivity contribution < 1.29 is 23.0 Å². The van der Waals surface area contributed by atoms with Gasteiger partial charge in [0.15, 0.2) is 23.7 Å². The first-order valence-electron chi connectivity index (χ1n) is 6.79. The number of hydrogen-bond donors (Lipinski definition) is 0. The Hall–Kier alpha value is -1.20. The standard InChI is InChI=1S/C15H20F2O3/c1-9(2)15-19-7-11(8-20-15)6-18-14-12(16)4-10(3)5-13(14)17/h4-5,9,11,15H,6-8H2,1-3H3. The Kier molecular flexibility index (Phi) is 4.94. The molecule has 2 rings (SSSR count). The van der Waals surface area contributed by atoms with Crippen molar-refractivity contribution in [3.05, 3.63) is 29.3 Å². The average Bonchev–Trinajstić information content (AvgIpc) is 2.38. The quantitative estimate of drug-likeness (QED) is 0.850. The Labute approximate surface area is 117 Å². The lowest BCUT2D eigenvalue weighted by Gasteiger charge is -2.31. The monoisotopic (exact) mass is 286 g/mol. The average molecular weight is 286 g/mol. The molecule has 1 aromatic rings. The topological polar surface area (TPSA) is 27.7 Å². The highest BCUT2D eigenvalue weighted by atomic mass is 19.1. The van der Waals surface area contributed by atoms with Crippen molar-refractivity contribution in [2.45, 2.75) is 27.1 Å². The minimum Gasteiger partial charge on any atom is -0.487 e. The lowest BCUT2D eigenvalue weighted by atomic mass is 10.1. The van der Waals surface area contributed by atoms with Gasteiger partial charge in [0.2, 0.25) is 0 Å². The zero-order chi connectivity index (χ0) is 14.7. The highest BCUT2D eigenvalue weighted by Crippen LogP contribution is 2.24. The van der Waals surface area contributed by atoms with Gasteiger partial charge in [-0.1, -0.05) is 13.8 Å². The number of rotatable bonds is 4. The van der Waals surface area contributed by atoms with E-state index in [-0.39, 0.29) is 30.5 Å². The van der Waals surface area contributed by atoms with E-state index in [0.717, 1.165) is 0 Å². The van der Waals surface area contributed by atoms with Crippen LogP contribution in [-0.4, -0.2) is 26.1 Å². The molecular weight excluding hydrogens is 266 g/mol. The molecule has 0 amide bonds. The van der Waals surface area contributed by atoms with Gasteiger partial charge in [-0.25, -0.2) is 8.78 Å². The highest BCUT2D eigenvalue weighted by molar-refractivity contribution is 5.30. The zero-order valence-electron chi connectivity index (χ0n) is 12.0. The van der Waals surface area contributed by atoms with Crippen LogP contribution in [0.3, 0.4) is 0 Å². The van der Waals surface area contributed by atoms with Crippen molar-refractivity contribution in [1.29, 1.82) is 0 Å². The van der Waals surface area contributed by atoms with Crippen LogP contribution in [0, 0.1) is 30.4 Å². The summed E-state index contributed by atoms with van der Waals surface area (Å²) in [5, 5.41) is 0. The number of ether oxygens (including phenoxy) is 3. The number of hydrogen-bond acceptors (Lipinski definition) is 3. The lowest BCUT2D eigenvalue weighted by Crippen LogP contribution is -2.37. The van der Waals surface area contributed by atoms with E-state index >= 15 is 0 Å². The Bertz CT molecular complexity index is 431. The number of halogens is 2. The summed E-state index contributed by atoms with van der Waals surface area (Å²) in [4.78, 5) is 0. The summed E-state index contributed by atoms with van der Waals surface area (Å²) in [6, 6.07) is 2.50. The van der Waals surface area contributed by atoms with E-state index in [1.54, 1.807) is 6.92 Å². The van der Waals surface area contributed by atoms with Crippen LogP contribution in [-0.2, 0) is 9.47 Å². The summed E-state index contributed by atoms with van der Waals surface area (Å²) in [7, 11) is 0. The summed E-state index contributed by atoms with van der Waals surface area (Å²) in [6.07, 6.45) is -0.209. The van der Waals surface area contributed by atoms with E-state index in [4.69, 9.17) is 14.2 Å². The molecule has 20 heavy (non-hydrogen) atoms. The van der Waals surface area contributed by atoms with Gasteiger partial charge in [-0.3, -0.25) is 0 Å². The number of benzene rings is 1. The second-order valence-corrected chi connectivity index (χ2v) is 5.51. The van der Waals surface area contributed by atoms with Crippen molar-refractivity contribution >= 4 is 0 Å². The first-order valence-corrected chi connectivity index (χ1v) is 6.79. The summed E-state index contributed by atoms with van der Waals surface area (Å²) < 4.78 is 43.5. The Balaban J connectivity index is 1.88. The fourth-order valence-corrected chi connectivity index (χ4v) is 2.06. The minimum atomic E-state index is -0.680. The van der Waals surface area contributed by atoms with Crippen molar-refractivity contribution in [2.24, 2.45) is 11.8 Å². The molecular formula is C15H20F2O3. The fraction of sp³-hybridized carbons (Fsp3) is 0.600. The van der Waals surface area contributed by atoms with Gasteiger partial charge in [0, 0.05) is 11.8 Å². The van der Waals surface area contributed by atoms with Gasteiger partial charge in [-0.2, -0.15) is 0 Å². The molecule has 0 aliphatic carbocycles. The molecule has 0 radical (unpaired) electrons. The summed E-state index contributed by atoms with van der Waals surface area (Å²) in [6.45, 7) is 6.76. The van der Waals surface area contributed by atoms with E-state index < -0.39 is 11.6 Å². The second-order valence-electron chi connectivity index (χ2n) is 5.51. The summed E-state index contributed by atoms with van der Waals surface area (Å²) in [5.74, 6) is -1.43. The van der Waals surface area contributed by atoms with Crippen LogP contribution in [0.1, 0.15) is 19.4 Å². The molecule has 1 aromatic carbocycles. The molecule has 0 bridgehead atoms. The Morgan fingerprint density at radius 1 is 1.20 bits per heavy atom. The molecule has 1 aliphatic heterocycles. The predicted octanol–water partition coefficient (Wildman–Crippen LogP) is 3.30. The van der Waals surface area contributed by atoms with E-state index in [1.165, 1.54) is 12.1 Å². The van der Waals surface area contributed by atoms with Crippen LogP contribution in [0.25, 0.3) is 0 Å². The molecule has 0 N–H and O–H groups in total. The highest BCUT2D eigenvalue weighted by Gasteiger charge is 2.25.